The van der Waals surface area contributed by atoms with Gasteiger partial charge >= 0.3 is 0 Å². The molecule has 1 heterocycles. The van der Waals surface area contributed by atoms with Crippen LogP contribution in [0.4, 0.5) is 4.39 Å². The lowest BCUT2D eigenvalue weighted by Gasteiger charge is -1.99. The maximum atomic E-state index is 13.0. The summed E-state index contributed by atoms with van der Waals surface area (Å²) >= 11 is 17.9. The van der Waals surface area contributed by atoms with Crippen LogP contribution >= 0.6 is 34.8 Å². The van der Waals surface area contributed by atoms with Gasteiger partial charge in [-0.2, -0.15) is 0 Å². The molecule has 1 aromatic heterocycles. The van der Waals surface area contributed by atoms with Gasteiger partial charge in [-0.15, -0.1) is 0 Å². The summed E-state index contributed by atoms with van der Waals surface area (Å²) in [6.07, 6.45) is 0. The number of nitrogens with one attached hydrogen (secondary N) is 1. The topological polar surface area (TPSA) is 28.7 Å². The van der Waals surface area contributed by atoms with Crippen molar-refractivity contribution in [3.05, 3.63) is 51.2 Å². The molecule has 0 bridgehead atoms. The van der Waals surface area contributed by atoms with Crippen LogP contribution in [0.2, 0.25) is 15.1 Å². The van der Waals surface area contributed by atoms with Gasteiger partial charge < -0.3 is 4.98 Å². The third-order valence-corrected chi connectivity index (χ3v) is 3.75. The van der Waals surface area contributed by atoms with E-state index in [9.17, 15) is 4.39 Å². The van der Waals surface area contributed by atoms with Crippen molar-refractivity contribution in [2.24, 2.45) is 0 Å². The van der Waals surface area contributed by atoms with E-state index in [1.807, 2.05) is 0 Å². The maximum Gasteiger partial charge on any atom is 0.140 e. The van der Waals surface area contributed by atoms with Gasteiger partial charge in [-0.05, 0) is 30.3 Å². The molecule has 0 atom stereocenters. The summed E-state index contributed by atoms with van der Waals surface area (Å²) in [6, 6.07) is 7.49. The predicted octanol–water partition coefficient (Wildman–Crippen LogP) is 5.33. The Hall–Kier alpha value is -1.29. The van der Waals surface area contributed by atoms with Crippen molar-refractivity contribution in [1.29, 1.82) is 0 Å². The highest BCUT2D eigenvalue weighted by Crippen LogP contribution is 2.31. The summed E-state index contributed by atoms with van der Waals surface area (Å²) in [6.45, 7) is 0. The summed E-state index contributed by atoms with van der Waals surface area (Å²) in [5, 5.41) is 1.16. The Bertz CT molecular complexity index is 744. The number of imidazole rings is 1. The third-order valence-electron chi connectivity index (χ3n) is 2.71. The summed E-state index contributed by atoms with van der Waals surface area (Å²) in [5.41, 5.74) is 2.03. The van der Waals surface area contributed by atoms with E-state index in [0.717, 1.165) is 5.52 Å². The molecule has 0 fully saturated rings. The zero-order valence-electron chi connectivity index (χ0n) is 9.35. The van der Waals surface area contributed by atoms with Crippen LogP contribution in [0.15, 0.2) is 30.3 Å². The van der Waals surface area contributed by atoms with E-state index >= 15 is 0 Å². The molecule has 0 unspecified atom stereocenters. The molecule has 0 aliphatic heterocycles. The molecule has 96 valence electrons. The molecular formula is C13H6Cl3FN2. The van der Waals surface area contributed by atoms with Gasteiger partial charge in [0.15, 0.2) is 0 Å². The normalized spacial score (nSPS) is 11.2. The summed E-state index contributed by atoms with van der Waals surface area (Å²) in [4.78, 5) is 7.45. The quantitative estimate of drug-likeness (QED) is 0.646. The average molecular weight is 316 g/mol. The molecule has 0 aliphatic carbocycles. The number of hydrogen-bond acceptors (Lipinski definition) is 1. The molecule has 2 aromatic carbocycles. The van der Waals surface area contributed by atoms with Crippen molar-refractivity contribution >= 4 is 45.8 Å². The minimum atomic E-state index is -0.393. The van der Waals surface area contributed by atoms with Crippen LogP contribution in [-0.4, -0.2) is 9.97 Å². The minimum Gasteiger partial charge on any atom is -0.338 e. The lowest BCUT2D eigenvalue weighted by molar-refractivity contribution is 0.628. The molecule has 2 nitrogen and oxygen atoms in total. The van der Waals surface area contributed by atoms with Crippen LogP contribution in [-0.2, 0) is 0 Å². The van der Waals surface area contributed by atoms with Crippen molar-refractivity contribution in [2.45, 2.75) is 0 Å². The standard InChI is InChI=1S/C13H6Cl3FN2/c14-8-3-6(17)1-2-7(8)13-18-11-4-9(15)10(16)5-12(11)19-13/h1-5H,(H,18,19). The molecule has 1 N–H and O–H groups in total. The number of nitrogens with zero attached hydrogens (tertiary/aromatic N) is 1. The second kappa shape index (κ2) is 4.67. The second-order valence-electron chi connectivity index (χ2n) is 3.99. The first kappa shape index (κ1) is 12.7. The molecule has 0 saturated carbocycles. The van der Waals surface area contributed by atoms with Gasteiger partial charge in [0.1, 0.15) is 11.6 Å². The number of aromatic amines is 1. The highest BCUT2D eigenvalue weighted by atomic mass is 35.5. The van der Waals surface area contributed by atoms with E-state index in [2.05, 4.69) is 9.97 Å². The Morgan fingerprint density at radius 1 is 0.947 bits per heavy atom. The Morgan fingerprint density at radius 2 is 1.68 bits per heavy atom. The second-order valence-corrected chi connectivity index (χ2v) is 5.21. The van der Waals surface area contributed by atoms with Crippen LogP contribution in [0.3, 0.4) is 0 Å². The number of rotatable bonds is 1. The van der Waals surface area contributed by atoms with Crippen LogP contribution in [0.25, 0.3) is 22.4 Å². The highest BCUT2D eigenvalue weighted by Gasteiger charge is 2.11. The molecule has 3 rings (SSSR count). The molecule has 0 spiro atoms. The number of benzene rings is 2. The van der Waals surface area contributed by atoms with E-state index < -0.39 is 5.82 Å². The van der Waals surface area contributed by atoms with Crippen LogP contribution < -0.4 is 0 Å². The van der Waals surface area contributed by atoms with Gasteiger partial charge in [-0.3, -0.25) is 0 Å². The summed E-state index contributed by atoms with van der Waals surface area (Å²) in [7, 11) is 0. The Morgan fingerprint density at radius 3 is 2.42 bits per heavy atom. The van der Waals surface area contributed by atoms with Crippen LogP contribution in [0.5, 0.6) is 0 Å². The molecule has 3 aromatic rings. The van der Waals surface area contributed by atoms with Crippen LogP contribution in [0, 0.1) is 5.82 Å². The van der Waals surface area contributed by atoms with Gasteiger partial charge in [0.25, 0.3) is 0 Å². The fraction of sp³-hybridized carbons (Fsp3) is 0. The van der Waals surface area contributed by atoms with Crippen molar-refractivity contribution in [2.75, 3.05) is 0 Å². The van der Waals surface area contributed by atoms with Gasteiger partial charge in [0.05, 0.1) is 26.1 Å². The maximum absolute atomic E-state index is 13.0. The fourth-order valence-corrected chi connectivity index (χ4v) is 2.39. The molecular weight excluding hydrogens is 310 g/mol. The zero-order chi connectivity index (χ0) is 13.6. The van der Waals surface area contributed by atoms with Gasteiger partial charge in [0, 0.05) is 5.56 Å². The van der Waals surface area contributed by atoms with Gasteiger partial charge in [0.2, 0.25) is 0 Å². The highest BCUT2D eigenvalue weighted by molar-refractivity contribution is 6.42. The monoisotopic (exact) mass is 314 g/mol. The number of fused-ring (bicyclic) bond motifs is 1. The Labute approximate surface area is 123 Å². The predicted molar refractivity (Wildman–Crippen MR) is 76.5 cm³/mol. The molecule has 6 heteroatoms. The SMILES string of the molecule is Fc1ccc(-c2nc3cc(Cl)c(Cl)cc3[nH]2)c(Cl)c1. The number of halogens is 4. The first-order valence-electron chi connectivity index (χ1n) is 5.35. The number of aromatic nitrogens is 2. The lowest BCUT2D eigenvalue weighted by Crippen LogP contribution is -1.83. The number of H-pyrrole nitrogens is 1. The zero-order valence-corrected chi connectivity index (χ0v) is 11.6. The average Bonchev–Trinajstić information content (AvgIpc) is 2.72. The van der Waals surface area contributed by atoms with E-state index in [-0.39, 0.29) is 5.02 Å². The van der Waals surface area contributed by atoms with E-state index in [0.29, 0.717) is 26.9 Å². The summed E-state index contributed by atoms with van der Waals surface area (Å²) in [5.74, 6) is 0.147. The van der Waals surface area contributed by atoms with Crippen molar-refractivity contribution < 1.29 is 4.39 Å². The van der Waals surface area contributed by atoms with Gasteiger partial charge in [-0.25, -0.2) is 9.37 Å². The first-order valence-corrected chi connectivity index (χ1v) is 6.48. The summed E-state index contributed by atoms with van der Waals surface area (Å²) < 4.78 is 13.0. The minimum absolute atomic E-state index is 0.288. The molecule has 0 amide bonds. The van der Waals surface area contributed by atoms with Gasteiger partial charge in [-0.1, -0.05) is 34.8 Å². The van der Waals surface area contributed by atoms with Crippen molar-refractivity contribution in [3.63, 3.8) is 0 Å². The smallest absolute Gasteiger partial charge is 0.140 e. The van der Waals surface area contributed by atoms with Crippen molar-refractivity contribution in [1.82, 2.24) is 9.97 Å². The van der Waals surface area contributed by atoms with E-state index in [1.165, 1.54) is 12.1 Å². The molecule has 0 radical (unpaired) electrons. The molecule has 0 aliphatic rings. The fourth-order valence-electron chi connectivity index (χ4n) is 1.81. The lowest BCUT2D eigenvalue weighted by atomic mass is 10.2. The Kier molecular flexibility index (Phi) is 3.13. The molecule has 0 saturated heterocycles. The molecule has 19 heavy (non-hydrogen) atoms. The van der Waals surface area contributed by atoms with E-state index in [4.69, 9.17) is 34.8 Å². The van der Waals surface area contributed by atoms with E-state index in [1.54, 1.807) is 18.2 Å². The third kappa shape index (κ3) is 2.29. The Balaban J connectivity index is 2.20. The first-order chi connectivity index (χ1) is 9.04. The largest absolute Gasteiger partial charge is 0.338 e. The van der Waals surface area contributed by atoms with Crippen LogP contribution in [0.1, 0.15) is 0 Å². The van der Waals surface area contributed by atoms with Crippen molar-refractivity contribution in [3.8, 4) is 11.4 Å². The number of hydrogen-bond donors (Lipinski definition) is 1.